The molecule has 1 aliphatic rings. The molecule has 1 N–H and O–H groups in total. The van der Waals surface area contributed by atoms with Crippen molar-refractivity contribution < 1.29 is 14.3 Å². The number of imide groups is 1. The van der Waals surface area contributed by atoms with Gasteiger partial charge in [0.25, 0.3) is 0 Å². The Morgan fingerprint density at radius 1 is 0.722 bits per heavy atom. The lowest BCUT2D eigenvalue weighted by Crippen LogP contribution is -2.70. The van der Waals surface area contributed by atoms with Crippen LogP contribution >= 0.6 is 0 Å². The Morgan fingerprint density at radius 2 is 1.28 bits per heavy atom. The Hall–Kier alpha value is -4.84. The van der Waals surface area contributed by atoms with Crippen LogP contribution in [0.2, 0.25) is 0 Å². The number of carbonyl (C=O) groups excluding carboxylic acids is 2. The molecule has 0 aromatic heterocycles. The second-order valence-electron chi connectivity index (χ2n) is 8.29. The summed E-state index contributed by atoms with van der Waals surface area (Å²) in [6, 6.07) is 34.3. The fourth-order valence-corrected chi connectivity index (χ4v) is 4.35. The zero-order valence-electron chi connectivity index (χ0n) is 19.7. The molecule has 36 heavy (non-hydrogen) atoms. The first kappa shape index (κ1) is 22.9. The molecule has 4 aromatic rings. The second kappa shape index (κ2) is 9.80. The number of carbonyl (C=O) groups is 2. The van der Waals surface area contributed by atoms with Crippen LogP contribution in [0.1, 0.15) is 11.1 Å². The SMILES string of the molecule is COc1ccc(C2(/C=C/c3ccccc3)NC(=O)N(c3ccccc3)C(=O)N2c2ccccc2)cc1. The van der Waals surface area contributed by atoms with E-state index in [1.54, 1.807) is 36.3 Å². The van der Waals surface area contributed by atoms with Crippen molar-refractivity contribution in [1.29, 1.82) is 0 Å². The molecule has 4 amide bonds. The Kier molecular flexibility index (Phi) is 6.24. The van der Waals surface area contributed by atoms with E-state index < -0.39 is 17.7 Å². The van der Waals surface area contributed by atoms with Crippen LogP contribution in [0.5, 0.6) is 5.75 Å². The van der Waals surface area contributed by atoms with E-state index in [4.69, 9.17) is 4.74 Å². The van der Waals surface area contributed by atoms with Gasteiger partial charge in [-0.15, -0.1) is 0 Å². The number of hydrogen-bond donors (Lipinski definition) is 1. The smallest absolute Gasteiger partial charge is 0.339 e. The highest BCUT2D eigenvalue weighted by Crippen LogP contribution is 2.39. The number of urea groups is 2. The highest BCUT2D eigenvalue weighted by Gasteiger charge is 2.50. The Bertz CT molecular complexity index is 1370. The third kappa shape index (κ3) is 4.20. The van der Waals surface area contributed by atoms with Gasteiger partial charge < -0.3 is 10.1 Å². The van der Waals surface area contributed by atoms with Gasteiger partial charge in [-0.05, 0) is 48.0 Å². The summed E-state index contributed by atoms with van der Waals surface area (Å²) in [5.41, 5.74) is 1.45. The first-order valence-corrected chi connectivity index (χ1v) is 11.6. The summed E-state index contributed by atoms with van der Waals surface area (Å²) in [7, 11) is 1.60. The van der Waals surface area contributed by atoms with Gasteiger partial charge >= 0.3 is 12.1 Å². The van der Waals surface area contributed by atoms with E-state index in [0.29, 0.717) is 22.7 Å². The predicted molar refractivity (Wildman–Crippen MR) is 142 cm³/mol. The lowest BCUT2D eigenvalue weighted by molar-refractivity contribution is 0.215. The van der Waals surface area contributed by atoms with Crippen molar-refractivity contribution in [3.05, 3.63) is 132 Å². The second-order valence-corrected chi connectivity index (χ2v) is 8.29. The molecule has 0 aliphatic carbocycles. The van der Waals surface area contributed by atoms with Gasteiger partial charge in [-0.1, -0.05) is 84.9 Å². The first-order valence-electron chi connectivity index (χ1n) is 11.6. The lowest BCUT2D eigenvalue weighted by atomic mass is 9.93. The van der Waals surface area contributed by atoms with Gasteiger partial charge in [0.1, 0.15) is 5.75 Å². The quantitative estimate of drug-likeness (QED) is 0.350. The van der Waals surface area contributed by atoms with Crippen molar-refractivity contribution in [2.24, 2.45) is 0 Å². The standard InChI is InChI=1S/C30H25N3O3/c1-36-27-19-17-24(18-20-27)30(22-21-23-11-5-2-6-12-23)31-28(34)32(25-13-7-3-8-14-25)29(35)33(30)26-15-9-4-10-16-26/h2-22H,1H3,(H,31,34)/b22-21+. The molecule has 0 radical (unpaired) electrons. The van der Waals surface area contributed by atoms with E-state index >= 15 is 0 Å². The van der Waals surface area contributed by atoms with Crippen LogP contribution < -0.4 is 19.9 Å². The maximum absolute atomic E-state index is 14.2. The van der Waals surface area contributed by atoms with Crippen LogP contribution in [0.3, 0.4) is 0 Å². The average molecular weight is 476 g/mol. The fraction of sp³-hybridized carbons (Fsp3) is 0.0667. The molecule has 1 fully saturated rings. The number of anilines is 2. The molecule has 6 heteroatoms. The molecule has 4 aromatic carbocycles. The number of hydrogen-bond acceptors (Lipinski definition) is 3. The zero-order valence-corrected chi connectivity index (χ0v) is 19.7. The van der Waals surface area contributed by atoms with Crippen LogP contribution in [0, 0.1) is 0 Å². The number of methoxy groups -OCH3 is 1. The molecular formula is C30H25N3O3. The number of ether oxygens (including phenoxy) is 1. The van der Waals surface area contributed by atoms with E-state index in [1.165, 1.54) is 0 Å². The van der Waals surface area contributed by atoms with Crippen molar-refractivity contribution >= 4 is 29.5 Å². The maximum Gasteiger partial charge on any atom is 0.339 e. The summed E-state index contributed by atoms with van der Waals surface area (Å²) in [4.78, 5) is 30.6. The fourth-order valence-electron chi connectivity index (χ4n) is 4.35. The molecule has 6 nitrogen and oxygen atoms in total. The molecule has 1 saturated heterocycles. The number of rotatable bonds is 6. The number of nitrogens with zero attached hydrogens (tertiary/aromatic N) is 2. The first-order chi connectivity index (χ1) is 17.6. The number of amides is 4. The van der Waals surface area contributed by atoms with E-state index in [-0.39, 0.29) is 0 Å². The zero-order chi connectivity index (χ0) is 25.0. The largest absolute Gasteiger partial charge is 0.497 e. The monoisotopic (exact) mass is 475 g/mol. The number of para-hydroxylation sites is 2. The molecule has 1 atom stereocenters. The Morgan fingerprint density at radius 3 is 1.86 bits per heavy atom. The van der Waals surface area contributed by atoms with E-state index in [9.17, 15) is 9.59 Å². The van der Waals surface area contributed by atoms with Gasteiger partial charge in [0.15, 0.2) is 5.66 Å². The Balaban J connectivity index is 1.72. The third-order valence-corrected chi connectivity index (χ3v) is 6.11. The minimum Gasteiger partial charge on any atom is -0.497 e. The summed E-state index contributed by atoms with van der Waals surface area (Å²) < 4.78 is 5.35. The molecule has 1 unspecified atom stereocenters. The van der Waals surface area contributed by atoms with Crippen molar-refractivity contribution in [2.75, 3.05) is 16.9 Å². The molecule has 0 spiro atoms. The third-order valence-electron chi connectivity index (χ3n) is 6.11. The molecule has 0 saturated carbocycles. The van der Waals surface area contributed by atoms with Gasteiger partial charge in [-0.25, -0.2) is 14.5 Å². The van der Waals surface area contributed by atoms with Gasteiger partial charge in [0, 0.05) is 11.3 Å². The van der Waals surface area contributed by atoms with Crippen molar-refractivity contribution in [3.8, 4) is 5.75 Å². The van der Waals surface area contributed by atoms with E-state index in [0.717, 1.165) is 10.5 Å². The maximum atomic E-state index is 14.2. The summed E-state index contributed by atoms with van der Waals surface area (Å²) in [6.45, 7) is 0. The molecule has 0 bridgehead atoms. The van der Waals surface area contributed by atoms with E-state index in [1.807, 2.05) is 103 Å². The predicted octanol–water partition coefficient (Wildman–Crippen LogP) is 6.42. The van der Waals surface area contributed by atoms with Crippen LogP contribution in [0.4, 0.5) is 21.0 Å². The summed E-state index contributed by atoms with van der Waals surface area (Å²) in [6.07, 6.45) is 3.77. The van der Waals surface area contributed by atoms with Crippen molar-refractivity contribution in [1.82, 2.24) is 5.32 Å². The number of benzene rings is 4. The molecule has 5 rings (SSSR count). The Labute approximate surface area is 210 Å². The minimum atomic E-state index is -1.30. The van der Waals surface area contributed by atoms with Gasteiger partial charge in [-0.3, -0.25) is 4.90 Å². The van der Waals surface area contributed by atoms with Gasteiger partial charge in [0.05, 0.1) is 12.8 Å². The summed E-state index contributed by atoms with van der Waals surface area (Å²) in [5, 5.41) is 3.15. The molecule has 1 aliphatic heterocycles. The highest BCUT2D eigenvalue weighted by molar-refractivity contribution is 6.22. The summed E-state index contributed by atoms with van der Waals surface area (Å²) >= 11 is 0. The van der Waals surface area contributed by atoms with Gasteiger partial charge in [-0.2, -0.15) is 0 Å². The van der Waals surface area contributed by atoms with E-state index in [2.05, 4.69) is 5.32 Å². The molecular weight excluding hydrogens is 450 g/mol. The summed E-state index contributed by atoms with van der Waals surface area (Å²) in [5.74, 6) is 0.673. The van der Waals surface area contributed by atoms with Gasteiger partial charge in [0.2, 0.25) is 0 Å². The molecule has 178 valence electrons. The molecule has 1 heterocycles. The van der Waals surface area contributed by atoms with Crippen LogP contribution in [-0.4, -0.2) is 19.2 Å². The van der Waals surface area contributed by atoms with Crippen LogP contribution in [-0.2, 0) is 5.66 Å². The lowest BCUT2D eigenvalue weighted by Gasteiger charge is -2.48. The van der Waals surface area contributed by atoms with Crippen LogP contribution in [0.25, 0.3) is 6.08 Å². The average Bonchev–Trinajstić information content (AvgIpc) is 2.93. The van der Waals surface area contributed by atoms with Crippen molar-refractivity contribution in [3.63, 3.8) is 0 Å². The topological polar surface area (TPSA) is 61.9 Å². The normalized spacial score (nSPS) is 17.8. The van der Waals surface area contributed by atoms with Crippen LogP contribution in [0.15, 0.2) is 121 Å². The minimum absolute atomic E-state index is 0.468. The highest BCUT2D eigenvalue weighted by atomic mass is 16.5. The number of nitrogens with one attached hydrogen (secondary N) is 1. The van der Waals surface area contributed by atoms with Crippen molar-refractivity contribution in [2.45, 2.75) is 5.66 Å².